The number of carbonyl (C=O) groups excluding carboxylic acids is 1. The molecule has 0 saturated heterocycles. The van der Waals surface area contributed by atoms with E-state index >= 15 is 0 Å². The quantitative estimate of drug-likeness (QED) is 0.349. The Hall–Kier alpha value is -1.30. The minimum Gasteiger partial charge on any atom is -0.481 e. The number of primary amides is 2. The number of nitrogens with two attached hydrogens (primary N) is 2. The molecule has 0 bridgehead atoms. The normalized spacial score (nSPS) is 5.44. The minimum absolute atomic E-state index is 0. The molecule has 0 rings (SSSR count). The van der Waals surface area contributed by atoms with Gasteiger partial charge in [0.15, 0.2) is 0 Å². The topological polar surface area (TPSA) is 141 Å². The van der Waals surface area contributed by atoms with Crippen LogP contribution < -0.4 is 17.6 Å². The molecule has 6 heteroatoms. The van der Waals surface area contributed by atoms with Crippen LogP contribution in [-0.4, -0.2) is 17.1 Å². The number of amides is 2. The van der Waals surface area contributed by atoms with E-state index in [1.807, 2.05) is 0 Å². The Bertz CT molecular complexity index is 72.3. The highest BCUT2D eigenvalue weighted by Gasteiger charge is 1.65. The van der Waals surface area contributed by atoms with Gasteiger partial charge in [-0.3, -0.25) is 4.79 Å². The largest absolute Gasteiger partial charge is 0.481 e. The van der Waals surface area contributed by atoms with Gasteiger partial charge in [-0.05, 0) is 0 Å². The van der Waals surface area contributed by atoms with Crippen LogP contribution in [-0.2, 0) is 4.79 Å². The van der Waals surface area contributed by atoms with E-state index in [0.29, 0.717) is 0 Å². The van der Waals surface area contributed by atoms with Crippen LogP contribution >= 0.6 is 0 Å². The fraction of sp³-hybridized carbons (Fsp3) is 0.333. The second kappa shape index (κ2) is 9.85. The molecule has 0 heterocycles. The van der Waals surface area contributed by atoms with E-state index in [4.69, 9.17) is 14.7 Å². The lowest BCUT2D eigenvalue weighted by atomic mass is 10.9. The minimum atomic E-state index is -0.833. The van der Waals surface area contributed by atoms with Gasteiger partial charge in [-0.2, -0.15) is 0 Å². The van der Waals surface area contributed by atoms with Gasteiger partial charge in [0, 0.05) is 6.92 Å². The van der Waals surface area contributed by atoms with Crippen molar-refractivity contribution in [2.24, 2.45) is 11.5 Å². The molecule has 0 fully saturated rings. The van der Waals surface area contributed by atoms with Gasteiger partial charge in [0.1, 0.15) is 0 Å². The Morgan fingerprint density at radius 2 is 1.33 bits per heavy atom. The molecule has 0 aliphatic rings. The molecule has 0 saturated carbocycles. The number of carbonyl (C=O) groups is 2. The summed E-state index contributed by atoms with van der Waals surface area (Å²) in [7, 11) is 0. The first kappa shape index (κ1) is 15.6. The van der Waals surface area contributed by atoms with Gasteiger partial charge in [-0.1, -0.05) is 0 Å². The molecular weight excluding hydrogens is 126 g/mol. The number of rotatable bonds is 0. The fourth-order valence-electron chi connectivity index (χ4n) is 0. The zero-order valence-electron chi connectivity index (χ0n) is 5.13. The van der Waals surface area contributed by atoms with E-state index in [1.165, 1.54) is 0 Å². The van der Waals surface area contributed by atoms with Crippen molar-refractivity contribution in [1.29, 1.82) is 0 Å². The second-order valence-electron chi connectivity index (χ2n) is 0.921. The van der Waals surface area contributed by atoms with Crippen LogP contribution in [0.1, 0.15) is 6.92 Å². The van der Waals surface area contributed by atoms with E-state index in [9.17, 15) is 0 Å². The van der Waals surface area contributed by atoms with Gasteiger partial charge in [0.05, 0.1) is 0 Å². The van der Waals surface area contributed by atoms with Gasteiger partial charge in [-0.15, -0.1) is 0 Å². The summed E-state index contributed by atoms with van der Waals surface area (Å²) in [4.78, 5) is 18.0. The molecular formula is C3H11N3O3. The van der Waals surface area contributed by atoms with Crippen LogP contribution in [0.3, 0.4) is 0 Å². The molecule has 2 amide bonds. The maximum atomic E-state index is 9.00. The molecule has 0 aromatic carbocycles. The number of hydrogen-bond donors (Lipinski definition) is 4. The Balaban J connectivity index is -0.0000000720. The fourth-order valence-corrected chi connectivity index (χ4v) is 0. The first-order valence-corrected chi connectivity index (χ1v) is 1.71. The van der Waals surface area contributed by atoms with Crippen molar-refractivity contribution in [3.63, 3.8) is 0 Å². The molecule has 8 N–H and O–H groups in total. The molecule has 0 aromatic heterocycles. The Labute approximate surface area is 52.4 Å². The number of aliphatic carboxylic acids is 1. The van der Waals surface area contributed by atoms with E-state index < -0.39 is 12.0 Å². The molecule has 0 aliphatic heterocycles. The first-order chi connectivity index (χ1) is 3.46. The molecule has 0 atom stereocenters. The lowest BCUT2D eigenvalue weighted by molar-refractivity contribution is -0.134. The summed E-state index contributed by atoms with van der Waals surface area (Å²) in [5, 5.41) is 7.42. The average Bonchev–Trinajstić information content (AvgIpc) is 1.25. The van der Waals surface area contributed by atoms with E-state index in [0.717, 1.165) is 6.92 Å². The van der Waals surface area contributed by atoms with Gasteiger partial charge in [-0.25, -0.2) is 4.79 Å². The molecule has 6 nitrogen and oxygen atoms in total. The Morgan fingerprint density at radius 1 is 1.33 bits per heavy atom. The van der Waals surface area contributed by atoms with Crippen molar-refractivity contribution in [2.45, 2.75) is 6.92 Å². The van der Waals surface area contributed by atoms with E-state index in [-0.39, 0.29) is 6.15 Å². The van der Waals surface area contributed by atoms with Crippen molar-refractivity contribution in [3.8, 4) is 0 Å². The summed E-state index contributed by atoms with van der Waals surface area (Å²) in [5.74, 6) is -0.833. The number of urea groups is 1. The first-order valence-electron chi connectivity index (χ1n) is 1.71. The predicted molar refractivity (Wildman–Crippen MR) is 32.1 cm³/mol. The predicted octanol–water partition coefficient (Wildman–Crippen LogP) is -0.723. The van der Waals surface area contributed by atoms with Crippen LogP contribution in [0, 0.1) is 0 Å². The third-order valence-electron chi connectivity index (χ3n) is 0. The van der Waals surface area contributed by atoms with E-state index in [2.05, 4.69) is 11.5 Å². The smallest absolute Gasteiger partial charge is 0.309 e. The van der Waals surface area contributed by atoms with Crippen LogP contribution in [0.4, 0.5) is 4.79 Å². The Morgan fingerprint density at radius 3 is 1.33 bits per heavy atom. The van der Waals surface area contributed by atoms with Crippen LogP contribution in [0.25, 0.3) is 0 Å². The Kier molecular flexibility index (Phi) is 17.1. The highest BCUT2D eigenvalue weighted by Crippen LogP contribution is 1.42. The lowest BCUT2D eigenvalue weighted by Gasteiger charge is -1.62. The highest BCUT2D eigenvalue weighted by molar-refractivity contribution is 5.69. The summed E-state index contributed by atoms with van der Waals surface area (Å²) >= 11 is 0. The van der Waals surface area contributed by atoms with Crippen molar-refractivity contribution >= 4 is 12.0 Å². The highest BCUT2D eigenvalue weighted by atomic mass is 16.4. The third-order valence-corrected chi connectivity index (χ3v) is 0. The maximum absolute atomic E-state index is 9.00. The SMILES string of the molecule is CC(=O)O.N.NC(N)=O. The zero-order valence-corrected chi connectivity index (χ0v) is 5.13. The number of carboxylic acid groups (broad SMARTS) is 1. The maximum Gasteiger partial charge on any atom is 0.309 e. The molecule has 0 aromatic rings. The van der Waals surface area contributed by atoms with Crippen molar-refractivity contribution < 1.29 is 14.7 Å². The summed E-state index contributed by atoms with van der Waals surface area (Å²) in [6.07, 6.45) is 0. The van der Waals surface area contributed by atoms with Crippen LogP contribution in [0.5, 0.6) is 0 Å². The molecule has 0 aliphatic carbocycles. The average molecular weight is 137 g/mol. The second-order valence-corrected chi connectivity index (χ2v) is 0.921. The standard InChI is InChI=1S/C2H4O2.CH4N2O.H3N/c1-2(3)4;2-1(3)4;/h1H3,(H,3,4);(H4,2,3,4);1H3. The summed E-state index contributed by atoms with van der Waals surface area (Å²) in [6, 6.07) is -0.833. The van der Waals surface area contributed by atoms with Crippen LogP contribution in [0.15, 0.2) is 0 Å². The van der Waals surface area contributed by atoms with E-state index in [1.54, 1.807) is 0 Å². The monoisotopic (exact) mass is 137 g/mol. The van der Waals surface area contributed by atoms with Gasteiger partial charge >= 0.3 is 6.03 Å². The summed E-state index contributed by atoms with van der Waals surface area (Å²) in [6.45, 7) is 1.08. The lowest BCUT2D eigenvalue weighted by Crippen LogP contribution is -2.18. The number of hydrogen-bond acceptors (Lipinski definition) is 3. The molecule has 0 spiro atoms. The van der Waals surface area contributed by atoms with Crippen LogP contribution in [0.2, 0.25) is 0 Å². The van der Waals surface area contributed by atoms with Crippen molar-refractivity contribution in [3.05, 3.63) is 0 Å². The summed E-state index contributed by atoms with van der Waals surface area (Å²) in [5.41, 5.74) is 8.50. The molecule has 0 unspecified atom stereocenters. The molecule has 0 radical (unpaired) electrons. The summed E-state index contributed by atoms with van der Waals surface area (Å²) < 4.78 is 0. The zero-order chi connectivity index (χ0) is 7.15. The van der Waals surface area contributed by atoms with Crippen molar-refractivity contribution in [1.82, 2.24) is 6.15 Å². The number of carboxylic acids is 1. The van der Waals surface area contributed by atoms with Gasteiger partial charge < -0.3 is 22.7 Å². The van der Waals surface area contributed by atoms with Gasteiger partial charge in [0.2, 0.25) is 0 Å². The van der Waals surface area contributed by atoms with Crippen molar-refractivity contribution in [2.75, 3.05) is 0 Å². The molecule has 56 valence electrons. The third kappa shape index (κ3) is 87.6. The molecule has 9 heavy (non-hydrogen) atoms. The van der Waals surface area contributed by atoms with Gasteiger partial charge in [0.25, 0.3) is 5.97 Å².